The topological polar surface area (TPSA) is 82.3 Å². The number of rotatable bonds is 10. The molecule has 2 rings (SSSR count). The summed E-state index contributed by atoms with van der Waals surface area (Å²) in [6.45, 7) is 14.6. The summed E-state index contributed by atoms with van der Waals surface area (Å²) in [6, 6.07) is 4.10. The van der Waals surface area contributed by atoms with Gasteiger partial charge in [-0.2, -0.15) is 0 Å². The Hall–Kier alpha value is -1.33. The molecule has 1 aromatic rings. The Labute approximate surface area is 197 Å². The molecular weight excluding hydrogens is 497 g/mol. The number of halogens is 1. The third-order valence-electron chi connectivity index (χ3n) is 5.09. The molecule has 0 radical (unpaired) electrons. The van der Waals surface area contributed by atoms with Crippen LogP contribution in [0.1, 0.15) is 44.8 Å². The molecule has 1 aliphatic heterocycles. The van der Waals surface area contributed by atoms with Gasteiger partial charge in [-0.15, -0.1) is 24.0 Å². The Bertz CT molecular complexity index is 642. The smallest absolute Gasteiger partial charge is 0.224 e. The number of carbonyl (C=O) groups is 1. The lowest BCUT2D eigenvalue weighted by atomic mass is 10.1. The van der Waals surface area contributed by atoms with Crippen LogP contribution in [-0.2, 0) is 9.53 Å². The molecule has 1 atom stereocenters. The molecule has 2 N–H and O–H groups in total. The van der Waals surface area contributed by atoms with E-state index < -0.39 is 0 Å². The van der Waals surface area contributed by atoms with Gasteiger partial charge in [0, 0.05) is 45.7 Å². The number of furan rings is 1. The number of morpholine rings is 1. The van der Waals surface area contributed by atoms with Gasteiger partial charge in [0.15, 0.2) is 5.96 Å². The predicted octanol–water partition coefficient (Wildman–Crippen LogP) is 2.39. The van der Waals surface area contributed by atoms with Gasteiger partial charge in [0.2, 0.25) is 5.91 Å². The van der Waals surface area contributed by atoms with E-state index in [-0.39, 0.29) is 35.9 Å². The average molecular weight is 535 g/mol. The second kappa shape index (κ2) is 14.6. The first-order chi connectivity index (χ1) is 14.1. The Balaban J connectivity index is 0.00000450. The molecular formula is C21H38IN5O3. The van der Waals surface area contributed by atoms with E-state index in [1.807, 2.05) is 44.7 Å². The summed E-state index contributed by atoms with van der Waals surface area (Å²) in [6.07, 6.45) is 0.455. The lowest BCUT2D eigenvalue weighted by Crippen LogP contribution is -2.42. The highest BCUT2D eigenvalue weighted by molar-refractivity contribution is 14.0. The van der Waals surface area contributed by atoms with Crippen LogP contribution in [-0.4, -0.2) is 80.7 Å². The maximum absolute atomic E-state index is 12.2. The highest BCUT2D eigenvalue weighted by atomic mass is 127. The molecule has 9 heteroatoms. The van der Waals surface area contributed by atoms with Gasteiger partial charge in [0.05, 0.1) is 25.8 Å². The summed E-state index contributed by atoms with van der Waals surface area (Å²) in [7, 11) is 0. The summed E-state index contributed by atoms with van der Waals surface area (Å²) >= 11 is 0. The van der Waals surface area contributed by atoms with Crippen molar-refractivity contribution in [2.24, 2.45) is 4.99 Å². The summed E-state index contributed by atoms with van der Waals surface area (Å²) < 4.78 is 11.4. The molecule has 1 amide bonds. The van der Waals surface area contributed by atoms with Gasteiger partial charge < -0.3 is 24.7 Å². The minimum absolute atomic E-state index is 0. The third-order valence-corrected chi connectivity index (χ3v) is 5.09. The molecule has 0 bridgehead atoms. The molecule has 1 aliphatic rings. The van der Waals surface area contributed by atoms with Crippen LogP contribution < -0.4 is 10.6 Å². The Morgan fingerprint density at radius 3 is 2.47 bits per heavy atom. The maximum Gasteiger partial charge on any atom is 0.224 e. The van der Waals surface area contributed by atoms with Crippen LogP contribution in [0.3, 0.4) is 0 Å². The lowest BCUT2D eigenvalue weighted by molar-refractivity contribution is -0.130. The number of guanidine groups is 1. The van der Waals surface area contributed by atoms with Crippen LogP contribution in [0.2, 0.25) is 0 Å². The molecule has 2 heterocycles. The van der Waals surface area contributed by atoms with E-state index in [1.165, 1.54) is 0 Å². The van der Waals surface area contributed by atoms with Crippen molar-refractivity contribution in [2.75, 3.05) is 59.0 Å². The van der Waals surface area contributed by atoms with Gasteiger partial charge in [0.1, 0.15) is 11.5 Å². The van der Waals surface area contributed by atoms with E-state index in [4.69, 9.17) is 14.1 Å². The zero-order valence-electron chi connectivity index (χ0n) is 18.8. The molecule has 1 aromatic heterocycles. The van der Waals surface area contributed by atoms with Crippen molar-refractivity contribution in [1.29, 1.82) is 0 Å². The molecule has 0 aliphatic carbocycles. The first-order valence-corrected chi connectivity index (χ1v) is 10.8. The van der Waals surface area contributed by atoms with E-state index in [0.717, 1.165) is 63.4 Å². The Kier molecular flexibility index (Phi) is 13.0. The quantitative estimate of drug-likeness (QED) is 0.272. The molecule has 0 spiro atoms. The number of hydrogen-bond donors (Lipinski definition) is 2. The fourth-order valence-corrected chi connectivity index (χ4v) is 3.45. The lowest BCUT2D eigenvalue weighted by Gasteiger charge is -2.32. The van der Waals surface area contributed by atoms with Crippen LogP contribution in [0.25, 0.3) is 0 Å². The van der Waals surface area contributed by atoms with Crippen molar-refractivity contribution >= 4 is 35.8 Å². The fraction of sp³-hybridized carbons (Fsp3) is 0.714. The molecule has 0 aromatic carbocycles. The number of nitrogens with one attached hydrogen (secondary N) is 2. The third kappa shape index (κ3) is 8.43. The van der Waals surface area contributed by atoms with Gasteiger partial charge in [-0.1, -0.05) is 0 Å². The van der Waals surface area contributed by atoms with Crippen molar-refractivity contribution in [3.05, 3.63) is 23.7 Å². The Morgan fingerprint density at radius 2 is 1.90 bits per heavy atom. The second-order valence-corrected chi connectivity index (χ2v) is 7.07. The van der Waals surface area contributed by atoms with Crippen molar-refractivity contribution in [2.45, 2.75) is 40.2 Å². The largest absolute Gasteiger partial charge is 0.465 e. The van der Waals surface area contributed by atoms with Crippen LogP contribution in [0.5, 0.6) is 0 Å². The molecule has 8 nitrogen and oxygen atoms in total. The van der Waals surface area contributed by atoms with Gasteiger partial charge in [-0.3, -0.25) is 14.7 Å². The van der Waals surface area contributed by atoms with Crippen LogP contribution >= 0.6 is 24.0 Å². The minimum atomic E-state index is 0. The van der Waals surface area contributed by atoms with Crippen LogP contribution in [0.15, 0.2) is 21.5 Å². The van der Waals surface area contributed by atoms with Crippen molar-refractivity contribution in [1.82, 2.24) is 20.4 Å². The standard InChI is InChI=1S/C21H37N5O3.HI/c1-5-22-21(23-11-10-20(27)25(6-2)7-3)24-16-18(19-9-8-17(4)29-19)26-12-14-28-15-13-26;/h8-9,18H,5-7,10-16H2,1-4H3,(H2,22,23,24);1H. The van der Waals surface area contributed by atoms with E-state index in [0.29, 0.717) is 19.5 Å². The zero-order chi connectivity index (χ0) is 21.1. The number of nitrogens with zero attached hydrogens (tertiary/aromatic N) is 3. The zero-order valence-corrected chi connectivity index (χ0v) is 21.1. The molecule has 172 valence electrons. The Morgan fingerprint density at radius 1 is 1.20 bits per heavy atom. The summed E-state index contributed by atoms with van der Waals surface area (Å²) in [5.41, 5.74) is 0. The van der Waals surface area contributed by atoms with E-state index in [2.05, 4.69) is 15.5 Å². The number of aryl methyl sites for hydroxylation is 1. The van der Waals surface area contributed by atoms with Crippen molar-refractivity contribution in [3.8, 4) is 0 Å². The van der Waals surface area contributed by atoms with E-state index in [1.54, 1.807) is 0 Å². The fourth-order valence-electron chi connectivity index (χ4n) is 3.45. The highest BCUT2D eigenvalue weighted by Gasteiger charge is 2.25. The number of aliphatic imine (C=N–C) groups is 1. The minimum Gasteiger partial charge on any atom is -0.465 e. The van der Waals surface area contributed by atoms with Gasteiger partial charge >= 0.3 is 0 Å². The molecule has 1 unspecified atom stereocenters. The van der Waals surface area contributed by atoms with Crippen LogP contribution in [0.4, 0.5) is 0 Å². The highest BCUT2D eigenvalue weighted by Crippen LogP contribution is 2.24. The van der Waals surface area contributed by atoms with Gasteiger partial charge in [0.25, 0.3) is 0 Å². The maximum atomic E-state index is 12.2. The predicted molar refractivity (Wildman–Crippen MR) is 131 cm³/mol. The normalized spacial score (nSPS) is 15.9. The van der Waals surface area contributed by atoms with E-state index in [9.17, 15) is 4.79 Å². The first-order valence-electron chi connectivity index (χ1n) is 10.8. The summed E-state index contributed by atoms with van der Waals surface area (Å²) in [5, 5.41) is 6.56. The summed E-state index contributed by atoms with van der Waals surface area (Å²) in [4.78, 5) is 21.2. The monoisotopic (exact) mass is 535 g/mol. The average Bonchev–Trinajstić information content (AvgIpc) is 3.16. The van der Waals surface area contributed by atoms with Crippen molar-refractivity contribution < 1.29 is 13.9 Å². The SMILES string of the molecule is CCNC(=NCC(c1ccc(C)o1)N1CCOCC1)NCCC(=O)N(CC)CC.I. The summed E-state index contributed by atoms with van der Waals surface area (Å²) in [5.74, 6) is 2.72. The number of hydrogen-bond acceptors (Lipinski definition) is 5. The number of carbonyl (C=O) groups excluding carboxylic acids is 1. The molecule has 0 saturated carbocycles. The van der Waals surface area contributed by atoms with E-state index >= 15 is 0 Å². The number of amides is 1. The first kappa shape index (κ1) is 26.7. The van der Waals surface area contributed by atoms with Crippen molar-refractivity contribution in [3.63, 3.8) is 0 Å². The van der Waals surface area contributed by atoms with Gasteiger partial charge in [-0.25, -0.2) is 0 Å². The van der Waals surface area contributed by atoms with Gasteiger partial charge in [-0.05, 0) is 39.8 Å². The molecule has 30 heavy (non-hydrogen) atoms. The second-order valence-electron chi connectivity index (χ2n) is 7.07. The van der Waals surface area contributed by atoms with Crippen LogP contribution in [0, 0.1) is 6.92 Å². The molecule has 1 saturated heterocycles. The number of ether oxygens (including phenoxy) is 1. The molecule has 1 fully saturated rings.